The van der Waals surface area contributed by atoms with Gasteiger partial charge in [-0.25, -0.2) is 0 Å². The number of hydrogen-bond donors (Lipinski definition) is 0. The van der Waals surface area contributed by atoms with Crippen LogP contribution < -0.4 is 10.5 Å². The minimum atomic E-state index is -4.74. The average Bonchev–Trinajstić information content (AvgIpc) is 2.70. The van der Waals surface area contributed by atoms with Gasteiger partial charge < -0.3 is 14.4 Å². The molecule has 1 amide bonds. The highest BCUT2D eigenvalue weighted by molar-refractivity contribution is 6.30. The highest BCUT2D eigenvalue weighted by Crippen LogP contribution is 2.32. The van der Waals surface area contributed by atoms with Crippen LogP contribution in [-0.2, 0) is 23.7 Å². The summed E-state index contributed by atoms with van der Waals surface area (Å²) in [5.41, 5.74) is -2.52. The van der Waals surface area contributed by atoms with Gasteiger partial charge in [-0.3, -0.25) is 9.59 Å². The summed E-state index contributed by atoms with van der Waals surface area (Å²) in [5, 5.41) is -0.656. The third-order valence-electron chi connectivity index (χ3n) is 4.85. The van der Waals surface area contributed by atoms with Crippen LogP contribution in [0.3, 0.4) is 0 Å². The molecule has 1 aromatic carbocycles. The van der Waals surface area contributed by atoms with Crippen LogP contribution in [0.25, 0.3) is 0 Å². The van der Waals surface area contributed by atoms with Crippen molar-refractivity contribution in [2.75, 3.05) is 31.1 Å². The number of benzene rings is 1. The summed E-state index contributed by atoms with van der Waals surface area (Å²) in [7, 11) is 0. The van der Waals surface area contributed by atoms with Gasteiger partial charge in [-0.15, -0.1) is 0 Å². The highest BCUT2D eigenvalue weighted by atomic mass is 35.5. The molecule has 168 valence electrons. The van der Waals surface area contributed by atoms with E-state index >= 15 is 0 Å². The van der Waals surface area contributed by atoms with Crippen LogP contribution in [0.4, 0.5) is 32.0 Å². The van der Waals surface area contributed by atoms with Crippen molar-refractivity contribution in [3.05, 3.63) is 63.0 Å². The third-order valence-corrected chi connectivity index (χ3v) is 5.12. The highest BCUT2D eigenvalue weighted by Gasteiger charge is 2.33. The molecule has 12 heteroatoms. The minimum absolute atomic E-state index is 0.135. The number of carbonyl (C=O) groups is 1. The summed E-state index contributed by atoms with van der Waals surface area (Å²) in [6.45, 7) is 0.0929. The predicted octanol–water partition coefficient (Wildman–Crippen LogP) is 3.89. The summed E-state index contributed by atoms with van der Waals surface area (Å²) in [5.74, 6) is -0.596. The molecule has 1 saturated heterocycles. The van der Waals surface area contributed by atoms with Crippen molar-refractivity contribution in [1.82, 2.24) is 9.47 Å². The van der Waals surface area contributed by atoms with E-state index in [1.165, 1.54) is 17.0 Å². The Bertz CT molecular complexity index is 1030. The predicted molar refractivity (Wildman–Crippen MR) is 101 cm³/mol. The summed E-state index contributed by atoms with van der Waals surface area (Å²) in [4.78, 5) is 27.5. The number of carbonyl (C=O) groups excluding carboxylic acids is 1. The Morgan fingerprint density at radius 2 is 1.55 bits per heavy atom. The maximum absolute atomic E-state index is 12.9. The molecule has 0 N–H and O–H groups in total. The molecule has 1 aliphatic rings. The van der Waals surface area contributed by atoms with Gasteiger partial charge in [0.25, 0.3) is 5.56 Å². The SMILES string of the molecule is O=C(Cn1cc(C(F)(F)F)cc(Cl)c1=O)N1CCN(c2cccc(C(F)(F)F)c2)CC1. The van der Waals surface area contributed by atoms with Crippen LogP contribution >= 0.6 is 11.6 Å². The smallest absolute Gasteiger partial charge is 0.368 e. The molecule has 0 spiro atoms. The molecule has 1 fully saturated rings. The van der Waals surface area contributed by atoms with Gasteiger partial charge >= 0.3 is 12.4 Å². The minimum Gasteiger partial charge on any atom is -0.368 e. The molecule has 2 heterocycles. The molecule has 31 heavy (non-hydrogen) atoms. The van der Waals surface area contributed by atoms with Crippen molar-refractivity contribution in [3.63, 3.8) is 0 Å². The normalized spacial score (nSPS) is 15.3. The Hall–Kier alpha value is -2.69. The number of halogens is 7. The van der Waals surface area contributed by atoms with E-state index in [1.807, 2.05) is 0 Å². The number of pyridine rings is 1. The Kier molecular flexibility index (Phi) is 6.26. The molecule has 0 saturated carbocycles. The van der Waals surface area contributed by atoms with E-state index in [4.69, 9.17) is 11.6 Å². The van der Waals surface area contributed by atoms with Crippen LogP contribution in [0.15, 0.2) is 41.3 Å². The first kappa shape index (κ1) is 23.0. The number of rotatable bonds is 3. The third kappa shape index (κ3) is 5.33. The van der Waals surface area contributed by atoms with Crippen molar-refractivity contribution in [1.29, 1.82) is 0 Å². The lowest BCUT2D eigenvalue weighted by molar-refractivity contribution is -0.139. The molecule has 5 nitrogen and oxygen atoms in total. The first-order valence-electron chi connectivity index (χ1n) is 9.03. The lowest BCUT2D eigenvalue weighted by atomic mass is 10.1. The van der Waals surface area contributed by atoms with Crippen molar-refractivity contribution < 1.29 is 31.1 Å². The van der Waals surface area contributed by atoms with E-state index in [1.54, 1.807) is 4.90 Å². The molecule has 0 atom stereocenters. The molecular formula is C19H16ClF6N3O2. The second kappa shape index (κ2) is 8.45. The van der Waals surface area contributed by atoms with Gasteiger partial charge in [-0.05, 0) is 24.3 Å². The number of amides is 1. The fourth-order valence-corrected chi connectivity index (χ4v) is 3.44. The van der Waals surface area contributed by atoms with E-state index in [9.17, 15) is 35.9 Å². The maximum atomic E-state index is 12.9. The number of aromatic nitrogens is 1. The summed E-state index contributed by atoms with van der Waals surface area (Å²) in [6.07, 6.45) is -8.68. The molecule has 0 unspecified atom stereocenters. The first-order valence-corrected chi connectivity index (χ1v) is 9.41. The Morgan fingerprint density at radius 3 is 2.13 bits per heavy atom. The zero-order chi connectivity index (χ0) is 23.0. The molecule has 1 aliphatic heterocycles. The van der Waals surface area contributed by atoms with E-state index in [-0.39, 0.29) is 26.2 Å². The van der Waals surface area contributed by atoms with Crippen LogP contribution in [0.2, 0.25) is 5.02 Å². The number of anilines is 1. The number of hydrogen-bond acceptors (Lipinski definition) is 3. The molecule has 1 aromatic heterocycles. The van der Waals surface area contributed by atoms with Gasteiger partial charge in [0.15, 0.2) is 0 Å². The van der Waals surface area contributed by atoms with Crippen LogP contribution in [0, 0.1) is 0 Å². The molecule has 3 rings (SSSR count). The summed E-state index contributed by atoms with van der Waals surface area (Å²) in [6, 6.07) is 5.29. The molecule has 0 aliphatic carbocycles. The van der Waals surface area contributed by atoms with E-state index in [0.29, 0.717) is 22.5 Å². The number of piperazine rings is 1. The topological polar surface area (TPSA) is 45.6 Å². The van der Waals surface area contributed by atoms with Crippen molar-refractivity contribution in [3.8, 4) is 0 Å². The van der Waals surface area contributed by atoms with E-state index in [0.717, 1.165) is 12.1 Å². The van der Waals surface area contributed by atoms with Gasteiger partial charge in [0.05, 0.1) is 11.1 Å². The fourth-order valence-electron chi connectivity index (χ4n) is 3.21. The quantitative estimate of drug-likeness (QED) is 0.644. The van der Waals surface area contributed by atoms with E-state index in [2.05, 4.69) is 0 Å². The Morgan fingerprint density at radius 1 is 0.935 bits per heavy atom. The van der Waals surface area contributed by atoms with Crippen LogP contribution in [0.1, 0.15) is 11.1 Å². The largest absolute Gasteiger partial charge is 0.417 e. The van der Waals surface area contributed by atoms with Gasteiger partial charge in [0.1, 0.15) is 11.6 Å². The van der Waals surface area contributed by atoms with Crippen LogP contribution in [0.5, 0.6) is 0 Å². The summed E-state index contributed by atoms with van der Waals surface area (Å²) < 4.78 is 78.1. The second-order valence-corrected chi connectivity index (χ2v) is 7.33. The van der Waals surface area contributed by atoms with Gasteiger partial charge in [-0.2, -0.15) is 26.3 Å². The zero-order valence-corrected chi connectivity index (χ0v) is 16.6. The lowest BCUT2D eigenvalue weighted by Crippen LogP contribution is -2.50. The maximum Gasteiger partial charge on any atom is 0.417 e. The molecule has 0 bridgehead atoms. The first-order chi connectivity index (χ1) is 14.4. The van der Waals surface area contributed by atoms with Crippen molar-refractivity contribution in [2.45, 2.75) is 18.9 Å². The van der Waals surface area contributed by atoms with Gasteiger partial charge in [0, 0.05) is 38.1 Å². The van der Waals surface area contributed by atoms with Gasteiger partial charge in [-0.1, -0.05) is 17.7 Å². The molecular weight excluding hydrogens is 452 g/mol. The summed E-state index contributed by atoms with van der Waals surface area (Å²) >= 11 is 5.58. The standard InChI is InChI=1S/C19H16ClF6N3O2/c20-15-9-13(19(24,25)26)10-29(17(15)31)11-16(30)28-6-4-27(5-7-28)14-3-1-2-12(8-14)18(21,22)23/h1-3,8-10H,4-7,11H2. The van der Waals surface area contributed by atoms with Gasteiger partial charge in [0.2, 0.25) is 5.91 Å². The average molecular weight is 468 g/mol. The zero-order valence-electron chi connectivity index (χ0n) is 15.8. The van der Waals surface area contributed by atoms with Crippen molar-refractivity contribution >= 4 is 23.2 Å². The molecule has 0 radical (unpaired) electrons. The van der Waals surface area contributed by atoms with Crippen molar-refractivity contribution in [2.24, 2.45) is 0 Å². The lowest BCUT2D eigenvalue weighted by Gasteiger charge is -2.36. The Labute approximate surface area is 177 Å². The Balaban J connectivity index is 1.68. The number of nitrogens with zero attached hydrogens (tertiary/aromatic N) is 3. The number of alkyl halides is 6. The monoisotopic (exact) mass is 467 g/mol. The molecule has 2 aromatic rings. The van der Waals surface area contributed by atoms with E-state index < -0.39 is 46.5 Å². The van der Waals surface area contributed by atoms with Crippen LogP contribution in [-0.4, -0.2) is 41.6 Å². The fraction of sp³-hybridized carbons (Fsp3) is 0.368. The second-order valence-electron chi connectivity index (χ2n) is 6.92.